The highest BCUT2D eigenvalue weighted by Crippen LogP contribution is 2.34. The van der Waals surface area contributed by atoms with Gasteiger partial charge in [-0.05, 0) is 30.7 Å². The number of alkyl halides is 3. The fourth-order valence-corrected chi connectivity index (χ4v) is 2.72. The van der Waals surface area contributed by atoms with Gasteiger partial charge in [-0.2, -0.15) is 18.2 Å². The Kier molecular flexibility index (Phi) is 5.17. The van der Waals surface area contributed by atoms with Crippen molar-refractivity contribution in [3.05, 3.63) is 35.5 Å². The van der Waals surface area contributed by atoms with Crippen LogP contribution >= 0.6 is 0 Å². The molecule has 7 nitrogen and oxygen atoms in total. The molecular formula is C17H18F3N5O2. The van der Waals surface area contributed by atoms with Crippen LogP contribution in [-0.2, 0) is 22.1 Å². The second-order valence-electron chi connectivity index (χ2n) is 6.18. The Morgan fingerprint density at radius 2 is 2.15 bits per heavy atom. The van der Waals surface area contributed by atoms with Crippen LogP contribution in [0.5, 0.6) is 0 Å². The second-order valence-corrected chi connectivity index (χ2v) is 6.18. The van der Waals surface area contributed by atoms with Crippen molar-refractivity contribution in [3.8, 4) is 0 Å². The highest BCUT2D eigenvalue weighted by molar-refractivity contribution is 5.99. The molecule has 2 heterocycles. The molecule has 1 aliphatic heterocycles. The van der Waals surface area contributed by atoms with Crippen LogP contribution < -0.4 is 16.0 Å². The molecule has 1 amide bonds. The number of ether oxygens (including phenoxy) is 1. The zero-order valence-corrected chi connectivity index (χ0v) is 14.6. The van der Waals surface area contributed by atoms with Crippen LogP contribution in [0.25, 0.3) is 0 Å². The predicted octanol–water partition coefficient (Wildman–Crippen LogP) is 3.18. The maximum atomic E-state index is 13.2. The van der Waals surface area contributed by atoms with Crippen LogP contribution in [0.1, 0.15) is 18.1 Å². The average molecular weight is 381 g/mol. The first-order chi connectivity index (χ1) is 12.8. The number of hydrogen-bond acceptors (Lipinski definition) is 6. The normalized spacial score (nSPS) is 14.5. The third-order valence-electron chi connectivity index (χ3n) is 3.88. The number of nitrogens with one attached hydrogen (secondary N) is 3. The summed E-state index contributed by atoms with van der Waals surface area (Å²) in [5.41, 5.74) is 1.12. The average Bonchev–Trinajstić information content (AvgIpc) is 2.93. The molecule has 0 bridgehead atoms. The number of benzene rings is 1. The standard InChI is InChI=1S/C17H18F3N5O2/c1-9(8-27-2)22-15-12(17(18,19)20)7-21-16(25-15)23-11-3-4-13-10(5-11)6-14(26)24-13/h3-5,7,9H,6,8H2,1-2H3,(H,24,26)(H2,21,22,23,25). The summed E-state index contributed by atoms with van der Waals surface area (Å²) < 4.78 is 44.6. The number of rotatable bonds is 6. The second kappa shape index (κ2) is 7.39. The van der Waals surface area contributed by atoms with Crippen LogP contribution in [0.15, 0.2) is 24.4 Å². The number of halogens is 3. The summed E-state index contributed by atoms with van der Waals surface area (Å²) in [5.74, 6) is -0.429. The Morgan fingerprint density at radius 1 is 1.37 bits per heavy atom. The van der Waals surface area contributed by atoms with Gasteiger partial charge >= 0.3 is 6.18 Å². The van der Waals surface area contributed by atoms with Crippen molar-refractivity contribution in [2.45, 2.75) is 25.6 Å². The van der Waals surface area contributed by atoms with E-state index in [-0.39, 0.29) is 36.7 Å². The number of carbonyl (C=O) groups is 1. The van der Waals surface area contributed by atoms with Crippen molar-refractivity contribution in [3.63, 3.8) is 0 Å². The molecule has 1 aliphatic rings. The predicted molar refractivity (Wildman–Crippen MR) is 94.1 cm³/mol. The lowest BCUT2D eigenvalue weighted by atomic mass is 10.1. The minimum Gasteiger partial charge on any atom is -0.383 e. The van der Waals surface area contributed by atoms with Crippen LogP contribution in [0.2, 0.25) is 0 Å². The first kappa shape index (κ1) is 18.9. The number of anilines is 4. The molecule has 27 heavy (non-hydrogen) atoms. The van der Waals surface area contributed by atoms with Gasteiger partial charge in [-0.15, -0.1) is 0 Å². The lowest BCUT2D eigenvalue weighted by Gasteiger charge is -2.18. The van der Waals surface area contributed by atoms with Gasteiger partial charge in [0, 0.05) is 30.7 Å². The van der Waals surface area contributed by atoms with Crippen molar-refractivity contribution in [1.29, 1.82) is 0 Å². The van der Waals surface area contributed by atoms with Gasteiger partial charge in [-0.25, -0.2) is 4.98 Å². The maximum Gasteiger partial charge on any atom is 0.421 e. The molecular weight excluding hydrogens is 363 g/mol. The van der Waals surface area contributed by atoms with Crippen molar-refractivity contribution < 1.29 is 22.7 Å². The summed E-state index contributed by atoms with van der Waals surface area (Å²) >= 11 is 0. The van der Waals surface area contributed by atoms with Crippen LogP contribution in [0.3, 0.4) is 0 Å². The Hall–Kier alpha value is -2.88. The summed E-state index contributed by atoms with van der Waals surface area (Å²) in [7, 11) is 1.46. The summed E-state index contributed by atoms with van der Waals surface area (Å²) in [6.07, 6.45) is -3.61. The summed E-state index contributed by atoms with van der Waals surface area (Å²) in [5, 5.41) is 8.28. The van der Waals surface area contributed by atoms with Gasteiger partial charge in [-0.3, -0.25) is 4.79 Å². The van der Waals surface area contributed by atoms with Gasteiger partial charge in [0.05, 0.1) is 13.0 Å². The molecule has 144 valence electrons. The van der Waals surface area contributed by atoms with Crippen molar-refractivity contribution in [2.24, 2.45) is 0 Å². The molecule has 0 saturated carbocycles. The number of hydrogen-bond donors (Lipinski definition) is 3. The Balaban J connectivity index is 1.86. The third-order valence-corrected chi connectivity index (χ3v) is 3.88. The monoisotopic (exact) mass is 381 g/mol. The number of nitrogens with zero attached hydrogens (tertiary/aromatic N) is 2. The molecule has 10 heteroatoms. The lowest BCUT2D eigenvalue weighted by Crippen LogP contribution is -2.24. The number of amides is 1. The minimum atomic E-state index is -4.59. The van der Waals surface area contributed by atoms with E-state index in [1.165, 1.54) is 7.11 Å². The van der Waals surface area contributed by atoms with Crippen molar-refractivity contribution >= 4 is 29.0 Å². The van der Waals surface area contributed by atoms with E-state index in [9.17, 15) is 18.0 Å². The molecule has 0 radical (unpaired) electrons. The molecule has 3 N–H and O–H groups in total. The summed E-state index contributed by atoms with van der Waals surface area (Å²) in [4.78, 5) is 19.2. The molecule has 0 spiro atoms. The van der Waals surface area contributed by atoms with E-state index in [2.05, 4.69) is 25.9 Å². The highest BCUT2D eigenvalue weighted by Gasteiger charge is 2.35. The van der Waals surface area contributed by atoms with Gasteiger partial charge in [0.25, 0.3) is 0 Å². The van der Waals surface area contributed by atoms with Crippen molar-refractivity contribution in [2.75, 3.05) is 29.7 Å². The molecule has 2 aromatic rings. The Labute approximate surface area is 153 Å². The van der Waals surface area contributed by atoms with Crippen LogP contribution in [-0.4, -0.2) is 35.6 Å². The number of carbonyl (C=O) groups excluding carboxylic acids is 1. The Bertz CT molecular complexity index is 857. The van der Waals surface area contributed by atoms with E-state index >= 15 is 0 Å². The molecule has 3 rings (SSSR count). The largest absolute Gasteiger partial charge is 0.421 e. The van der Waals surface area contributed by atoms with Gasteiger partial charge in [0.1, 0.15) is 11.4 Å². The topological polar surface area (TPSA) is 88.2 Å². The lowest BCUT2D eigenvalue weighted by molar-refractivity contribution is -0.137. The van der Waals surface area contributed by atoms with Gasteiger partial charge in [0.2, 0.25) is 11.9 Å². The van der Waals surface area contributed by atoms with Gasteiger partial charge in [0.15, 0.2) is 0 Å². The van der Waals surface area contributed by atoms with E-state index in [1.807, 2.05) is 0 Å². The summed E-state index contributed by atoms with van der Waals surface area (Å²) in [6.45, 7) is 1.90. The van der Waals surface area contributed by atoms with Gasteiger partial charge < -0.3 is 20.7 Å². The van der Waals surface area contributed by atoms with E-state index in [0.29, 0.717) is 5.69 Å². The van der Waals surface area contributed by atoms with Crippen molar-refractivity contribution in [1.82, 2.24) is 9.97 Å². The smallest absolute Gasteiger partial charge is 0.383 e. The quantitative estimate of drug-likeness (QED) is 0.712. The van der Waals surface area contributed by atoms with Crippen LogP contribution in [0, 0.1) is 0 Å². The molecule has 1 unspecified atom stereocenters. The molecule has 1 atom stereocenters. The fraction of sp³-hybridized carbons (Fsp3) is 0.353. The summed E-state index contributed by atoms with van der Waals surface area (Å²) in [6, 6.07) is 4.75. The highest BCUT2D eigenvalue weighted by atomic mass is 19.4. The zero-order valence-electron chi connectivity index (χ0n) is 14.6. The van der Waals surface area contributed by atoms with E-state index < -0.39 is 11.7 Å². The van der Waals surface area contributed by atoms with E-state index in [0.717, 1.165) is 17.4 Å². The molecule has 0 aliphatic carbocycles. The minimum absolute atomic E-state index is 0.00681. The molecule has 0 saturated heterocycles. The Morgan fingerprint density at radius 3 is 2.85 bits per heavy atom. The van der Waals surface area contributed by atoms with Crippen LogP contribution in [0.4, 0.5) is 36.3 Å². The first-order valence-corrected chi connectivity index (χ1v) is 8.16. The SMILES string of the molecule is COCC(C)Nc1nc(Nc2ccc3c(c2)CC(=O)N3)ncc1C(F)(F)F. The number of methoxy groups -OCH3 is 1. The van der Waals surface area contributed by atoms with Gasteiger partial charge in [-0.1, -0.05) is 0 Å². The zero-order chi connectivity index (χ0) is 19.6. The third kappa shape index (κ3) is 4.45. The number of fused-ring (bicyclic) bond motifs is 1. The molecule has 0 fully saturated rings. The molecule has 1 aromatic heterocycles. The fourth-order valence-electron chi connectivity index (χ4n) is 2.72. The molecule has 1 aromatic carbocycles. The van der Waals surface area contributed by atoms with E-state index in [4.69, 9.17) is 4.74 Å². The maximum absolute atomic E-state index is 13.2. The number of aromatic nitrogens is 2. The first-order valence-electron chi connectivity index (χ1n) is 8.16. The van der Waals surface area contributed by atoms with E-state index in [1.54, 1.807) is 25.1 Å².